The minimum absolute atomic E-state index is 0.182. The van der Waals surface area contributed by atoms with Gasteiger partial charge < -0.3 is 10.1 Å². The molecule has 0 aliphatic heterocycles. The zero-order valence-electron chi connectivity index (χ0n) is 12.4. The molecule has 0 radical (unpaired) electrons. The standard InChI is InChI=1S/C15H25ClN2O/c1-5-12(6-2)15(16)10-17-9-13-8-14(19-4)7-11(3)18-13/h7-8,12,15,17H,5-6,9-10H2,1-4H3. The number of aryl methyl sites for hydroxylation is 1. The third-order valence-corrected chi connectivity index (χ3v) is 3.93. The van der Waals surface area contributed by atoms with Crippen LogP contribution in [0.1, 0.15) is 38.1 Å². The van der Waals surface area contributed by atoms with Gasteiger partial charge in [0.05, 0.1) is 12.8 Å². The Morgan fingerprint density at radius 2 is 2.00 bits per heavy atom. The number of methoxy groups -OCH3 is 1. The molecular weight excluding hydrogens is 260 g/mol. The molecule has 108 valence electrons. The van der Waals surface area contributed by atoms with E-state index in [9.17, 15) is 0 Å². The fourth-order valence-corrected chi connectivity index (χ4v) is 2.68. The number of nitrogens with zero attached hydrogens (tertiary/aromatic N) is 1. The second kappa shape index (κ2) is 8.39. The van der Waals surface area contributed by atoms with Crippen molar-refractivity contribution in [2.24, 2.45) is 5.92 Å². The van der Waals surface area contributed by atoms with E-state index in [-0.39, 0.29) is 5.38 Å². The van der Waals surface area contributed by atoms with Crippen molar-refractivity contribution in [1.29, 1.82) is 0 Å². The summed E-state index contributed by atoms with van der Waals surface area (Å²) in [6.07, 6.45) is 2.26. The number of pyridine rings is 1. The summed E-state index contributed by atoms with van der Waals surface area (Å²) in [6.45, 7) is 7.89. The van der Waals surface area contributed by atoms with Crippen molar-refractivity contribution in [3.63, 3.8) is 0 Å². The van der Waals surface area contributed by atoms with Crippen LogP contribution in [-0.4, -0.2) is 24.0 Å². The monoisotopic (exact) mass is 284 g/mol. The van der Waals surface area contributed by atoms with Gasteiger partial charge in [0.25, 0.3) is 0 Å². The van der Waals surface area contributed by atoms with Gasteiger partial charge in [-0.25, -0.2) is 0 Å². The Morgan fingerprint density at radius 3 is 2.58 bits per heavy atom. The van der Waals surface area contributed by atoms with Gasteiger partial charge in [0, 0.05) is 36.3 Å². The zero-order chi connectivity index (χ0) is 14.3. The van der Waals surface area contributed by atoms with Gasteiger partial charge >= 0.3 is 0 Å². The largest absolute Gasteiger partial charge is 0.497 e. The molecule has 1 atom stereocenters. The molecule has 0 aliphatic carbocycles. The Kier molecular flexibility index (Phi) is 7.17. The first-order valence-electron chi connectivity index (χ1n) is 6.97. The van der Waals surface area contributed by atoms with Crippen molar-refractivity contribution in [3.8, 4) is 5.75 Å². The van der Waals surface area contributed by atoms with Crippen LogP contribution < -0.4 is 10.1 Å². The first kappa shape index (κ1) is 16.3. The molecule has 19 heavy (non-hydrogen) atoms. The van der Waals surface area contributed by atoms with E-state index in [4.69, 9.17) is 16.3 Å². The lowest BCUT2D eigenvalue weighted by Gasteiger charge is -2.19. The first-order valence-corrected chi connectivity index (χ1v) is 7.40. The third kappa shape index (κ3) is 5.37. The van der Waals surface area contributed by atoms with E-state index in [1.54, 1.807) is 7.11 Å². The average Bonchev–Trinajstić information content (AvgIpc) is 2.39. The zero-order valence-corrected chi connectivity index (χ0v) is 13.1. The molecule has 1 N–H and O–H groups in total. The molecule has 0 aliphatic rings. The highest BCUT2D eigenvalue weighted by molar-refractivity contribution is 6.21. The van der Waals surface area contributed by atoms with Crippen LogP contribution >= 0.6 is 11.6 Å². The number of ether oxygens (including phenoxy) is 1. The summed E-state index contributed by atoms with van der Waals surface area (Å²) in [6, 6.07) is 3.89. The molecule has 1 unspecified atom stereocenters. The molecule has 0 saturated carbocycles. The van der Waals surface area contributed by atoms with Gasteiger partial charge in [0.15, 0.2) is 0 Å². The van der Waals surface area contributed by atoms with Crippen LogP contribution in [0.2, 0.25) is 0 Å². The summed E-state index contributed by atoms with van der Waals surface area (Å²) in [7, 11) is 1.67. The summed E-state index contributed by atoms with van der Waals surface area (Å²) >= 11 is 6.40. The number of hydrogen-bond donors (Lipinski definition) is 1. The molecule has 0 bridgehead atoms. The fourth-order valence-electron chi connectivity index (χ4n) is 2.22. The molecule has 0 saturated heterocycles. The lowest BCUT2D eigenvalue weighted by Crippen LogP contribution is -2.28. The van der Waals surface area contributed by atoms with Gasteiger partial charge in [-0.05, 0) is 12.8 Å². The second-order valence-corrected chi connectivity index (χ2v) is 5.42. The molecule has 1 aromatic heterocycles. The Bertz CT molecular complexity index is 380. The van der Waals surface area contributed by atoms with E-state index in [0.29, 0.717) is 5.92 Å². The Balaban J connectivity index is 2.46. The van der Waals surface area contributed by atoms with Crippen molar-refractivity contribution < 1.29 is 4.74 Å². The van der Waals surface area contributed by atoms with Crippen LogP contribution in [0.4, 0.5) is 0 Å². The molecule has 4 heteroatoms. The van der Waals surface area contributed by atoms with Crippen molar-refractivity contribution in [2.45, 2.75) is 45.5 Å². The third-order valence-electron chi connectivity index (χ3n) is 3.42. The molecule has 0 aromatic carbocycles. The lowest BCUT2D eigenvalue weighted by atomic mass is 9.99. The molecule has 1 heterocycles. The highest BCUT2D eigenvalue weighted by atomic mass is 35.5. The predicted molar refractivity (Wildman–Crippen MR) is 80.9 cm³/mol. The number of aromatic nitrogens is 1. The topological polar surface area (TPSA) is 34.1 Å². The number of rotatable bonds is 8. The lowest BCUT2D eigenvalue weighted by molar-refractivity contribution is 0.412. The van der Waals surface area contributed by atoms with Crippen LogP contribution in [0, 0.1) is 12.8 Å². The Hall–Kier alpha value is -0.800. The van der Waals surface area contributed by atoms with E-state index in [0.717, 1.165) is 43.1 Å². The molecule has 3 nitrogen and oxygen atoms in total. The SMILES string of the molecule is CCC(CC)C(Cl)CNCc1cc(OC)cc(C)n1. The van der Waals surface area contributed by atoms with Crippen LogP contribution in [0.5, 0.6) is 5.75 Å². The predicted octanol–water partition coefficient (Wildman–Crippen LogP) is 3.53. The Labute approximate surface area is 121 Å². The van der Waals surface area contributed by atoms with Crippen molar-refractivity contribution >= 4 is 11.6 Å². The maximum atomic E-state index is 6.40. The molecule has 0 fully saturated rings. The van der Waals surface area contributed by atoms with E-state index in [2.05, 4.69) is 24.1 Å². The molecular formula is C15H25ClN2O. The van der Waals surface area contributed by atoms with Crippen LogP contribution in [0.25, 0.3) is 0 Å². The van der Waals surface area contributed by atoms with Gasteiger partial charge in [0.2, 0.25) is 0 Å². The van der Waals surface area contributed by atoms with Crippen molar-refractivity contribution in [3.05, 3.63) is 23.5 Å². The van der Waals surface area contributed by atoms with Gasteiger partial charge in [-0.1, -0.05) is 26.7 Å². The summed E-state index contributed by atoms with van der Waals surface area (Å²) in [4.78, 5) is 4.48. The van der Waals surface area contributed by atoms with Gasteiger partial charge in [0.1, 0.15) is 5.75 Å². The number of alkyl halides is 1. The van der Waals surface area contributed by atoms with Crippen molar-refractivity contribution in [1.82, 2.24) is 10.3 Å². The van der Waals surface area contributed by atoms with Gasteiger partial charge in [-0.15, -0.1) is 11.6 Å². The quantitative estimate of drug-likeness (QED) is 0.742. The smallest absolute Gasteiger partial charge is 0.122 e. The van der Waals surface area contributed by atoms with Gasteiger partial charge in [-0.2, -0.15) is 0 Å². The van der Waals surface area contributed by atoms with E-state index < -0.39 is 0 Å². The number of nitrogens with one attached hydrogen (secondary N) is 1. The fraction of sp³-hybridized carbons (Fsp3) is 0.667. The molecule has 0 spiro atoms. The van der Waals surface area contributed by atoms with E-state index >= 15 is 0 Å². The highest BCUT2D eigenvalue weighted by Gasteiger charge is 2.15. The summed E-state index contributed by atoms with van der Waals surface area (Å²) < 4.78 is 5.24. The summed E-state index contributed by atoms with van der Waals surface area (Å²) in [5.41, 5.74) is 1.96. The minimum atomic E-state index is 0.182. The molecule has 1 rings (SSSR count). The van der Waals surface area contributed by atoms with Gasteiger partial charge in [-0.3, -0.25) is 4.98 Å². The second-order valence-electron chi connectivity index (χ2n) is 4.86. The highest BCUT2D eigenvalue weighted by Crippen LogP contribution is 2.18. The van der Waals surface area contributed by atoms with E-state index in [1.165, 1.54) is 0 Å². The normalized spacial score (nSPS) is 12.7. The maximum Gasteiger partial charge on any atom is 0.122 e. The maximum absolute atomic E-state index is 6.40. The summed E-state index contributed by atoms with van der Waals surface area (Å²) in [5, 5.41) is 3.56. The molecule has 0 amide bonds. The summed E-state index contributed by atoms with van der Waals surface area (Å²) in [5.74, 6) is 1.43. The van der Waals surface area contributed by atoms with Crippen molar-refractivity contribution in [2.75, 3.05) is 13.7 Å². The van der Waals surface area contributed by atoms with E-state index in [1.807, 2.05) is 19.1 Å². The average molecular weight is 285 g/mol. The van der Waals surface area contributed by atoms with Crippen LogP contribution in [0.15, 0.2) is 12.1 Å². The first-order chi connectivity index (χ1) is 9.10. The van der Waals surface area contributed by atoms with Crippen LogP contribution in [-0.2, 0) is 6.54 Å². The Morgan fingerprint density at radius 1 is 1.32 bits per heavy atom. The van der Waals surface area contributed by atoms with Crippen LogP contribution in [0.3, 0.4) is 0 Å². The number of hydrogen-bond acceptors (Lipinski definition) is 3. The molecule has 1 aromatic rings. The minimum Gasteiger partial charge on any atom is -0.497 e. The number of halogens is 1.